The number of ether oxygens (including phenoxy) is 1. The van der Waals surface area contributed by atoms with Crippen LogP contribution >= 0.6 is 0 Å². The lowest BCUT2D eigenvalue weighted by molar-refractivity contribution is -0.135. The lowest BCUT2D eigenvalue weighted by Crippen LogP contribution is -2.43. The van der Waals surface area contributed by atoms with E-state index in [4.69, 9.17) is 9.57 Å². The first kappa shape index (κ1) is 14.1. The highest BCUT2D eigenvalue weighted by Crippen LogP contribution is 2.28. The van der Waals surface area contributed by atoms with E-state index >= 15 is 0 Å². The van der Waals surface area contributed by atoms with Crippen molar-refractivity contribution in [1.29, 1.82) is 0 Å². The van der Waals surface area contributed by atoms with Gasteiger partial charge in [0.15, 0.2) is 11.7 Å². The molecule has 0 fully saturated rings. The number of nitrogens with one attached hydrogen (secondary N) is 1. The molecule has 1 amide bonds. The molecule has 1 aromatic rings. The maximum absolute atomic E-state index is 12.4. The average Bonchev–Trinajstić information content (AvgIpc) is 2.84. The molecule has 21 heavy (non-hydrogen) atoms. The van der Waals surface area contributed by atoms with E-state index < -0.39 is 11.7 Å². The summed E-state index contributed by atoms with van der Waals surface area (Å²) in [7, 11) is 0. The van der Waals surface area contributed by atoms with Gasteiger partial charge < -0.3 is 14.9 Å². The maximum atomic E-state index is 12.4. The van der Waals surface area contributed by atoms with Gasteiger partial charge in [-0.05, 0) is 31.4 Å². The number of nitrogens with zero attached hydrogens (tertiary/aromatic N) is 1. The van der Waals surface area contributed by atoms with E-state index in [0.29, 0.717) is 13.2 Å². The third-order valence-corrected chi connectivity index (χ3v) is 3.92. The number of benzene rings is 1. The van der Waals surface area contributed by atoms with Crippen LogP contribution < -0.4 is 5.32 Å². The smallest absolute Gasteiger partial charge is 0.253 e. The fraction of sp³-hybridized carbons (Fsp3) is 0.500. The molecule has 2 aliphatic heterocycles. The van der Waals surface area contributed by atoms with Crippen LogP contribution in [0, 0.1) is 0 Å². The van der Waals surface area contributed by atoms with Gasteiger partial charge in [-0.1, -0.05) is 29.4 Å². The van der Waals surface area contributed by atoms with Gasteiger partial charge in [0, 0.05) is 6.42 Å². The van der Waals surface area contributed by atoms with E-state index in [1.54, 1.807) is 0 Å². The predicted molar refractivity (Wildman–Crippen MR) is 79.1 cm³/mol. The highest BCUT2D eigenvalue weighted by atomic mass is 16.7. The Labute approximate surface area is 124 Å². The molecule has 0 saturated carbocycles. The summed E-state index contributed by atoms with van der Waals surface area (Å²) in [6.45, 7) is 4.87. The molecule has 0 spiro atoms. The van der Waals surface area contributed by atoms with Crippen molar-refractivity contribution < 1.29 is 14.4 Å². The Balaban J connectivity index is 1.64. The second kappa shape index (κ2) is 5.48. The number of hydrogen-bond acceptors (Lipinski definition) is 4. The van der Waals surface area contributed by atoms with Crippen LogP contribution in [-0.4, -0.2) is 30.4 Å². The molecular weight excluding hydrogens is 268 g/mol. The standard InChI is InChI=1S/C16H20N2O3/c1-11-9-16(2,21-18-11)10-17-15(19)14-13-6-4-3-5-12(13)7-8-20-14/h3-6,14H,7-10H2,1-2H3,(H,17,19). The monoisotopic (exact) mass is 288 g/mol. The van der Waals surface area contributed by atoms with Gasteiger partial charge in [-0.15, -0.1) is 0 Å². The van der Waals surface area contributed by atoms with Gasteiger partial charge in [-0.2, -0.15) is 0 Å². The van der Waals surface area contributed by atoms with Crippen LogP contribution in [0.15, 0.2) is 29.4 Å². The molecule has 0 aliphatic carbocycles. The van der Waals surface area contributed by atoms with Crippen molar-refractivity contribution in [2.75, 3.05) is 13.2 Å². The summed E-state index contributed by atoms with van der Waals surface area (Å²) in [5, 5.41) is 6.88. The Bertz CT molecular complexity index is 585. The third-order valence-electron chi connectivity index (χ3n) is 3.92. The molecule has 3 rings (SSSR count). The van der Waals surface area contributed by atoms with E-state index in [1.165, 1.54) is 5.56 Å². The van der Waals surface area contributed by atoms with Gasteiger partial charge in [0.2, 0.25) is 0 Å². The number of amides is 1. The lowest BCUT2D eigenvalue weighted by atomic mass is 9.96. The van der Waals surface area contributed by atoms with Crippen molar-refractivity contribution in [3.05, 3.63) is 35.4 Å². The summed E-state index contributed by atoms with van der Waals surface area (Å²) in [5.74, 6) is -0.114. The first-order chi connectivity index (χ1) is 10.1. The number of fused-ring (bicyclic) bond motifs is 1. The van der Waals surface area contributed by atoms with Gasteiger partial charge in [0.05, 0.1) is 18.9 Å². The highest BCUT2D eigenvalue weighted by molar-refractivity contribution is 5.84. The molecule has 2 unspecified atom stereocenters. The van der Waals surface area contributed by atoms with E-state index in [-0.39, 0.29) is 5.91 Å². The largest absolute Gasteiger partial charge is 0.387 e. The van der Waals surface area contributed by atoms with E-state index in [9.17, 15) is 4.79 Å². The van der Waals surface area contributed by atoms with Gasteiger partial charge in [-0.25, -0.2) is 0 Å². The van der Waals surface area contributed by atoms with Crippen molar-refractivity contribution in [3.8, 4) is 0 Å². The van der Waals surface area contributed by atoms with Crippen LogP contribution in [0.25, 0.3) is 0 Å². The van der Waals surface area contributed by atoms with E-state index in [0.717, 1.165) is 24.1 Å². The Morgan fingerprint density at radius 3 is 3.05 bits per heavy atom. The van der Waals surface area contributed by atoms with Crippen LogP contribution in [0.5, 0.6) is 0 Å². The number of rotatable bonds is 3. The molecule has 0 bridgehead atoms. The summed E-state index contributed by atoms with van der Waals surface area (Å²) in [6.07, 6.45) is 1.06. The zero-order valence-electron chi connectivity index (χ0n) is 12.4. The van der Waals surface area contributed by atoms with Gasteiger partial charge in [0.1, 0.15) is 0 Å². The average molecular weight is 288 g/mol. The molecule has 2 aliphatic rings. The molecule has 5 heteroatoms. The summed E-state index contributed by atoms with van der Waals surface area (Å²) < 4.78 is 5.65. The molecule has 5 nitrogen and oxygen atoms in total. The molecule has 1 aromatic carbocycles. The van der Waals surface area contributed by atoms with Crippen molar-refractivity contribution in [1.82, 2.24) is 5.32 Å². The zero-order chi connectivity index (χ0) is 14.9. The summed E-state index contributed by atoms with van der Waals surface area (Å²) in [6, 6.07) is 7.94. The van der Waals surface area contributed by atoms with Crippen LogP contribution in [0.1, 0.15) is 37.5 Å². The van der Waals surface area contributed by atoms with Crippen LogP contribution in [0.3, 0.4) is 0 Å². The van der Waals surface area contributed by atoms with E-state index in [1.807, 2.05) is 32.0 Å². The Morgan fingerprint density at radius 2 is 2.29 bits per heavy atom. The minimum atomic E-state index is -0.526. The number of carbonyl (C=O) groups excluding carboxylic acids is 1. The molecule has 0 saturated heterocycles. The Hall–Kier alpha value is -1.88. The topological polar surface area (TPSA) is 59.9 Å². The minimum Gasteiger partial charge on any atom is -0.387 e. The predicted octanol–water partition coefficient (Wildman–Crippen LogP) is 1.97. The van der Waals surface area contributed by atoms with Crippen molar-refractivity contribution in [2.24, 2.45) is 5.16 Å². The number of hydrogen-bond donors (Lipinski definition) is 1. The second-order valence-corrected chi connectivity index (χ2v) is 5.96. The number of oxime groups is 1. The summed E-state index contributed by atoms with van der Waals surface area (Å²) in [4.78, 5) is 17.8. The maximum Gasteiger partial charge on any atom is 0.253 e. The SMILES string of the molecule is CC1=NOC(C)(CNC(=O)C2OCCc3ccccc32)C1. The molecule has 112 valence electrons. The van der Waals surface area contributed by atoms with E-state index in [2.05, 4.69) is 16.5 Å². The van der Waals surface area contributed by atoms with Crippen molar-refractivity contribution in [2.45, 2.75) is 38.4 Å². The van der Waals surface area contributed by atoms with Gasteiger partial charge >= 0.3 is 0 Å². The van der Waals surface area contributed by atoms with Crippen LogP contribution in [0.4, 0.5) is 0 Å². The normalized spacial score (nSPS) is 27.5. The van der Waals surface area contributed by atoms with Crippen molar-refractivity contribution >= 4 is 11.6 Å². The molecule has 0 radical (unpaired) electrons. The fourth-order valence-corrected chi connectivity index (χ4v) is 2.87. The summed E-state index contributed by atoms with van der Waals surface area (Å²) >= 11 is 0. The first-order valence-corrected chi connectivity index (χ1v) is 7.26. The quantitative estimate of drug-likeness (QED) is 0.925. The highest BCUT2D eigenvalue weighted by Gasteiger charge is 2.35. The van der Waals surface area contributed by atoms with Gasteiger partial charge in [0.25, 0.3) is 5.91 Å². The molecule has 2 heterocycles. The Morgan fingerprint density at radius 1 is 1.48 bits per heavy atom. The molecular formula is C16H20N2O3. The van der Waals surface area contributed by atoms with Crippen LogP contribution in [-0.2, 0) is 20.8 Å². The molecule has 0 aromatic heterocycles. The Kier molecular flexibility index (Phi) is 3.68. The second-order valence-electron chi connectivity index (χ2n) is 5.96. The van der Waals surface area contributed by atoms with Gasteiger partial charge in [-0.3, -0.25) is 4.79 Å². The fourth-order valence-electron chi connectivity index (χ4n) is 2.87. The summed E-state index contributed by atoms with van der Waals surface area (Å²) in [5.41, 5.74) is 2.65. The first-order valence-electron chi connectivity index (χ1n) is 7.26. The minimum absolute atomic E-state index is 0.114. The number of carbonyl (C=O) groups is 1. The van der Waals surface area contributed by atoms with Crippen molar-refractivity contribution in [3.63, 3.8) is 0 Å². The lowest BCUT2D eigenvalue weighted by Gasteiger charge is -2.27. The third kappa shape index (κ3) is 2.93. The zero-order valence-corrected chi connectivity index (χ0v) is 12.4. The molecule has 1 N–H and O–H groups in total. The molecule has 2 atom stereocenters. The van der Waals surface area contributed by atoms with Crippen LogP contribution in [0.2, 0.25) is 0 Å².